The number of nitrogens with one attached hydrogen (secondary N) is 1. The van der Waals surface area contributed by atoms with Crippen molar-refractivity contribution in [1.29, 1.82) is 0 Å². The third-order valence-electron chi connectivity index (χ3n) is 3.13. The Bertz CT molecular complexity index is 584. The molecule has 1 atom stereocenters. The minimum atomic E-state index is -1.42. The van der Waals surface area contributed by atoms with Crippen molar-refractivity contribution < 1.29 is 24.0 Å². The number of carbonyl (C=O) groups is 1. The lowest BCUT2D eigenvalue weighted by molar-refractivity contribution is 0.0689. The van der Waals surface area contributed by atoms with Gasteiger partial charge in [0.1, 0.15) is 17.1 Å². The Balaban J connectivity index is 2.26. The Labute approximate surface area is 126 Å². The van der Waals surface area contributed by atoms with E-state index in [0.717, 1.165) is 11.8 Å². The number of aromatic carboxylic acids is 1. The van der Waals surface area contributed by atoms with Crippen molar-refractivity contribution in [2.24, 2.45) is 0 Å². The van der Waals surface area contributed by atoms with Gasteiger partial charge in [-0.15, -0.1) is 0 Å². The summed E-state index contributed by atoms with van der Waals surface area (Å²) in [7, 11) is -1.27. The lowest BCUT2D eigenvalue weighted by atomic mass is 9.72. The molecule has 0 spiro atoms. The van der Waals surface area contributed by atoms with Crippen molar-refractivity contribution in [2.75, 3.05) is 12.0 Å². The van der Waals surface area contributed by atoms with Gasteiger partial charge in [-0.2, -0.15) is 11.8 Å². The second-order valence-corrected chi connectivity index (χ2v) is 5.58. The number of thioether (sulfide) groups is 1. The van der Waals surface area contributed by atoms with Crippen LogP contribution in [0.4, 0.5) is 4.39 Å². The normalized spacial score (nSPS) is 16.9. The number of carboxylic acid groups (broad SMARTS) is 1. The maximum atomic E-state index is 13.6. The van der Waals surface area contributed by atoms with Gasteiger partial charge in [-0.1, -0.05) is 12.6 Å². The average molecular weight is 311 g/mol. The van der Waals surface area contributed by atoms with Gasteiger partial charge in [0.2, 0.25) is 0 Å². The highest BCUT2D eigenvalue weighted by atomic mass is 32.2. The Kier molecular flexibility index (Phi) is 4.79. The maximum absolute atomic E-state index is 13.6. The minimum absolute atomic E-state index is 0.108. The van der Waals surface area contributed by atoms with E-state index in [2.05, 4.69) is 11.9 Å². The molecule has 8 heteroatoms. The first-order valence-corrected chi connectivity index (χ1v) is 7.66. The van der Waals surface area contributed by atoms with Crippen LogP contribution >= 0.6 is 11.8 Å². The molecule has 0 radical (unpaired) electrons. The molecule has 1 aliphatic rings. The summed E-state index contributed by atoms with van der Waals surface area (Å²) in [4.78, 5) is 11.1. The van der Waals surface area contributed by atoms with Crippen LogP contribution in [0.25, 0.3) is 0 Å². The Hall–Kier alpha value is -1.67. The zero-order chi connectivity index (χ0) is 15.6. The second-order valence-electron chi connectivity index (χ2n) is 4.72. The molecule has 0 amide bonds. The summed E-state index contributed by atoms with van der Waals surface area (Å²) in [5, 5.41) is 22.1. The van der Waals surface area contributed by atoms with Crippen LogP contribution in [0.15, 0.2) is 24.4 Å². The van der Waals surface area contributed by atoms with Gasteiger partial charge in [-0.05, 0) is 24.3 Å². The van der Waals surface area contributed by atoms with E-state index in [1.165, 1.54) is 6.07 Å². The first-order valence-electron chi connectivity index (χ1n) is 6.26. The zero-order valence-electron chi connectivity index (χ0n) is 11.4. The third kappa shape index (κ3) is 3.33. The second kappa shape index (κ2) is 6.40. The number of hydrogen-bond acceptors (Lipinski definition) is 5. The lowest BCUT2D eigenvalue weighted by Crippen LogP contribution is -2.51. The zero-order valence-corrected chi connectivity index (χ0v) is 12.2. The molecule has 0 unspecified atom stereocenters. The van der Waals surface area contributed by atoms with E-state index in [9.17, 15) is 14.2 Å². The van der Waals surface area contributed by atoms with Crippen molar-refractivity contribution in [1.82, 2.24) is 5.32 Å². The van der Waals surface area contributed by atoms with Crippen LogP contribution in [-0.4, -0.2) is 41.2 Å². The summed E-state index contributed by atoms with van der Waals surface area (Å²) in [5.74, 6) is -2.19. The summed E-state index contributed by atoms with van der Waals surface area (Å²) < 4.78 is 18.8. The van der Waals surface area contributed by atoms with Gasteiger partial charge < -0.3 is 20.1 Å². The maximum Gasteiger partial charge on any atom is 0.546 e. The SMILES string of the molecule is C=C(CSC)N[C@H]1Cc2ccc(F)c(C(=O)O)c2OB1O. The van der Waals surface area contributed by atoms with Crippen molar-refractivity contribution in [2.45, 2.75) is 12.4 Å². The first kappa shape index (κ1) is 15.7. The standard InChI is InChI=1S/C13H15BFNO4S/c1-7(6-21-2)16-10-5-8-3-4-9(15)11(13(17)18)12(8)20-14(10)19/h3-4,10,16,19H,1,5-6H2,2H3,(H,17,18)/t10-/m0/s1. The number of rotatable bonds is 5. The molecule has 21 heavy (non-hydrogen) atoms. The largest absolute Gasteiger partial charge is 0.546 e. The predicted octanol–water partition coefficient (Wildman–Crippen LogP) is 1.31. The fourth-order valence-electron chi connectivity index (χ4n) is 2.24. The topological polar surface area (TPSA) is 78.8 Å². The first-order chi connectivity index (χ1) is 9.93. The van der Waals surface area contributed by atoms with Gasteiger partial charge in [0.15, 0.2) is 0 Å². The van der Waals surface area contributed by atoms with Crippen LogP contribution in [0.3, 0.4) is 0 Å². The Morgan fingerprint density at radius 2 is 2.38 bits per heavy atom. The van der Waals surface area contributed by atoms with E-state index >= 15 is 0 Å². The predicted molar refractivity (Wildman–Crippen MR) is 80.1 cm³/mol. The number of halogens is 1. The van der Waals surface area contributed by atoms with Crippen molar-refractivity contribution in [3.8, 4) is 5.75 Å². The van der Waals surface area contributed by atoms with Gasteiger partial charge in [0.25, 0.3) is 0 Å². The summed E-state index contributed by atoms with van der Waals surface area (Å²) in [6.07, 6.45) is 2.25. The van der Waals surface area contributed by atoms with E-state index in [-0.39, 0.29) is 5.75 Å². The number of carboxylic acids is 1. The van der Waals surface area contributed by atoms with Crippen LogP contribution in [0.5, 0.6) is 5.75 Å². The quantitative estimate of drug-likeness (QED) is 0.712. The van der Waals surface area contributed by atoms with E-state index in [1.807, 2.05) is 6.26 Å². The lowest BCUT2D eigenvalue weighted by Gasteiger charge is -2.30. The molecule has 1 heterocycles. The van der Waals surface area contributed by atoms with E-state index in [4.69, 9.17) is 9.76 Å². The molecule has 2 rings (SSSR count). The Morgan fingerprint density at radius 3 is 3.00 bits per heavy atom. The molecule has 1 aromatic rings. The van der Waals surface area contributed by atoms with Crippen LogP contribution < -0.4 is 9.97 Å². The summed E-state index contributed by atoms with van der Waals surface area (Å²) in [6, 6.07) is 2.56. The van der Waals surface area contributed by atoms with Gasteiger partial charge in [-0.25, -0.2) is 9.18 Å². The van der Waals surface area contributed by atoms with Crippen molar-refractivity contribution >= 4 is 24.8 Å². The third-order valence-corrected chi connectivity index (χ3v) is 3.77. The highest BCUT2D eigenvalue weighted by molar-refractivity contribution is 7.98. The summed E-state index contributed by atoms with van der Waals surface area (Å²) in [6.45, 7) is 3.84. The van der Waals surface area contributed by atoms with Crippen LogP contribution in [0.1, 0.15) is 15.9 Å². The summed E-state index contributed by atoms with van der Waals surface area (Å²) >= 11 is 1.58. The van der Waals surface area contributed by atoms with Crippen molar-refractivity contribution in [3.63, 3.8) is 0 Å². The highest BCUT2D eigenvalue weighted by Gasteiger charge is 2.37. The van der Waals surface area contributed by atoms with Crippen LogP contribution in [0, 0.1) is 5.82 Å². The fraction of sp³-hybridized carbons (Fsp3) is 0.308. The van der Waals surface area contributed by atoms with Gasteiger partial charge in [0, 0.05) is 11.4 Å². The molecule has 0 fully saturated rings. The van der Waals surface area contributed by atoms with Crippen LogP contribution in [-0.2, 0) is 6.42 Å². The monoisotopic (exact) mass is 311 g/mol. The number of benzene rings is 1. The molecule has 0 bridgehead atoms. The van der Waals surface area contributed by atoms with E-state index in [0.29, 0.717) is 17.7 Å². The number of hydrogen-bond donors (Lipinski definition) is 3. The number of fused-ring (bicyclic) bond motifs is 1. The van der Waals surface area contributed by atoms with E-state index < -0.39 is 30.4 Å². The molecular formula is C13H15BFNO4S. The molecular weight excluding hydrogens is 296 g/mol. The van der Waals surface area contributed by atoms with Gasteiger partial charge in [0.05, 0.1) is 5.94 Å². The van der Waals surface area contributed by atoms with Crippen LogP contribution in [0.2, 0.25) is 0 Å². The molecule has 1 aromatic carbocycles. The van der Waals surface area contributed by atoms with Gasteiger partial charge in [-0.3, -0.25) is 0 Å². The van der Waals surface area contributed by atoms with Gasteiger partial charge >= 0.3 is 13.1 Å². The molecule has 3 N–H and O–H groups in total. The molecule has 112 valence electrons. The van der Waals surface area contributed by atoms with E-state index in [1.54, 1.807) is 11.8 Å². The smallest absolute Gasteiger partial charge is 0.534 e. The molecule has 5 nitrogen and oxygen atoms in total. The van der Waals surface area contributed by atoms with Crippen molar-refractivity contribution in [3.05, 3.63) is 41.4 Å². The minimum Gasteiger partial charge on any atom is -0.534 e. The average Bonchev–Trinajstić information content (AvgIpc) is 2.39. The molecule has 1 aliphatic heterocycles. The fourth-order valence-corrected chi connectivity index (χ4v) is 2.67. The molecule has 0 saturated heterocycles. The summed E-state index contributed by atoms with van der Waals surface area (Å²) in [5.41, 5.74) is 0.723. The highest BCUT2D eigenvalue weighted by Crippen LogP contribution is 2.32. The Morgan fingerprint density at radius 1 is 1.67 bits per heavy atom. The molecule has 0 aromatic heterocycles. The molecule has 0 aliphatic carbocycles. The molecule has 0 saturated carbocycles.